The molecule has 0 spiro atoms. The Labute approximate surface area is 203 Å². The molecule has 4 rings (SSSR count). The van der Waals surface area contributed by atoms with Crippen molar-refractivity contribution in [2.45, 2.75) is 19.3 Å². The molecule has 1 amide bonds. The monoisotopic (exact) mass is 497 g/mol. The van der Waals surface area contributed by atoms with E-state index in [0.717, 1.165) is 24.8 Å². The number of piperidine rings is 1. The van der Waals surface area contributed by atoms with Gasteiger partial charge in [-0.05, 0) is 43.0 Å². The molecule has 3 aromatic rings. The summed E-state index contributed by atoms with van der Waals surface area (Å²) in [7, 11) is -3.28. The summed E-state index contributed by atoms with van der Waals surface area (Å²) < 4.78 is 27.1. The number of nitrogens with one attached hydrogen (secondary N) is 1. The van der Waals surface area contributed by atoms with Crippen molar-refractivity contribution in [2.75, 3.05) is 25.9 Å². The van der Waals surface area contributed by atoms with E-state index in [1.54, 1.807) is 21.7 Å². The number of nitro benzene ring substituents is 1. The van der Waals surface area contributed by atoms with Gasteiger partial charge in [-0.3, -0.25) is 14.9 Å². The molecule has 1 unspecified atom stereocenters. The summed E-state index contributed by atoms with van der Waals surface area (Å²) in [5.41, 5.74) is 2.80. The fourth-order valence-electron chi connectivity index (χ4n) is 4.24. The predicted octanol–water partition coefficient (Wildman–Crippen LogP) is 2.78. The first-order chi connectivity index (χ1) is 16.7. The topological polar surface area (TPSA) is 127 Å². The number of likely N-dealkylation sites (tertiary alicyclic amines) is 1. The lowest BCUT2D eigenvalue weighted by Gasteiger charge is -2.32. The highest BCUT2D eigenvalue weighted by molar-refractivity contribution is 7.88. The molecule has 0 bridgehead atoms. The number of amides is 1. The zero-order chi connectivity index (χ0) is 25.0. The maximum Gasteiger partial charge on any atom is 0.269 e. The number of rotatable bonds is 8. The zero-order valence-electron chi connectivity index (χ0n) is 19.3. The van der Waals surface area contributed by atoms with Gasteiger partial charge in [0, 0.05) is 49.1 Å². The van der Waals surface area contributed by atoms with Crippen LogP contribution in [0.4, 0.5) is 5.69 Å². The first-order valence-electron chi connectivity index (χ1n) is 11.3. The van der Waals surface area contributed by atoms with Gasteiger partial charge in [0.1, 0.15) is 0 Å². The molecule has 1 aliphatic heterocycles. The summed E-state index contributed by atoms with van der Waals surface area (Å²) >= 11 is 0. The van der Waals surface area contributed by atoms with Gasteiger partial charge < -0.3 is 4.90 Å². The van der Waals surface area contributed by atoms with E-state index in [0.29, 0.717) is 36.5 Å². The first-order valence-corrected chi connectivity index (χ1v) is 13.2. The van der Waals surface area contributed by atoms with E-state index in [1.807, 2.05) is 36.5 Å². The number of sulfonamides is 1. The molecule has 1 fully saturated rings. The third kappa shape index (κ3) is 6.31. The minimum atomic E-state index is -3.28. The molecule has 10 nitrogen and oxygen atoms in total. The Balaban J connectivity index is 1.57. The minimum absolute atomic E-state index is 0.0177. The Kier molecular flexibility index (Phi) is 7.27. The van der Waals surface area contributed by atoms with Crippen LogP contribution in [0.15, 0.2) is 60.8 Å². The standard InChI is InChI=1S/C24H27N5O5S/c1-35(33,34)25-15-18-6-5-13-27(16-18)23(30)14-20-17-28(21-7-3-2-4-8-21)26-24(20)19-9-11-22(12-10-19)29(31)32/h2-4,7-12,17-18,25H,5-6,13-16H2,1H3. The van der Waals surface area contributed by atoms with Crippen molar-refractivity contribution in [1.82, 2.24) is 19.4 Å². The molecule has 1 saturated heterocycles. The quantitative estimate of drug-likeness (QED) is 0.377. The summed E-state index contributed by atoms with van der Waals surface area (Å²) in [6.07, 6.45) is 4.72. The second kappa shape index (κ2) is 10.4. The van der Waals surface area contributed by atoms with E-state index in [-0.39, 0.29) is 23.9 Å². The molecule has 0 radical (unpaired) electrons. The number of para-hydroxylation sites is 1. The molecule has 184 valence electrons. The summed E-state index contributed by atoms with van der Waals surface area (Å²) in [5, 5.41) is 15.7. The number of non-ortho nitro benzene ring substituents is 1. The Morgan fingerprint density at radius 1 is 1.17 bits per heavy atom. The van der Waals surface area contributed by atoms with Crippen molar-refractivity contribution in [2.24, 2.45) is 5.92 Å². The Hall–Kier alpha value is -3.57. The van der Waals surface area contributed by atoms with E-state index in [2.05, 4.69) is 4.72 Å². The van der Waals surface area contributed by atoms with E-state index < -0.39 is 14.9 Å². The van der Waals surface area contributed by atoms with Crippen LogP contribution < -0.4 is 4.72 Å². The molecule has 0 saturated carbocycles. The third-order valence-corrected chi connectivity index (χ3v) is 6.70. The SMILES string of the molecule is CS(=O)(=O)NCC1CCCN(C(=O)Cc2cn(-c3ccccc3)nc2-c2ccc([N+](=O)[O-])cc2)C1. The molecule has 1 atom stereocenters. The zero-order valence-corrected chi connectivity index (χ0v) is 20.1. The summed E-state index contributed by atoms with van der Waals surface area (Å²) in [5.74, 6) is -0.00608. The van der Waals surface area contributed by atoms with Crippen molar-refractivity contribution in [3.63, 3.8) is 0 Å². The van der Waals surface area contributed by atoms with Crippen LogP contribution in [0, 0.1) is 16.0 Å². The van der Waals surface area contributed by atoms with Crippen LogP contribution in [-0.4, -0.2) is 59.8 Å². The molecule has 35 heavy (non-hydrogen) atoms. The fraction of sp³-hybridized carbons (Fsp3) is 0.333. The first kappa shape index (κ1) is 24.6. The normalized spacial score (nSPS) is 16.3. The molecular formula is C24H27N5O5S. The van der Waals surface area contributed by atoms with Gasteiger partial charge in [0.15, 0.2) is 0 Å². The fourth-order valence-corrected chi connectivity index (χ4v) is 4.78. The Morgan fingerprint density at radius 2 is 1.89 bits per heavy atom. The number of hydrogen-bond donors (Lipinski definition) is 1. The van der Waals surface area contributed by atoms with Gasteiger partial charge in [-0.1, -0.05) is 18.2 Å². The van der Waals surface area contributed by atoms with E-state index >= 15 is 0 Å². The van der Waals surface area contributed by atoms with Crippen molar-refractivity contribution >= 4 is 21.6 Å². The maximum atomic E-state index is 13.2. The highest BCUT2D eigenvalue weighted by Crippen LogP contribution is 2.27. The molecule has 0 aliphatic carbocycles. The van der Waals surface area contributed by atoms with Gasteiger partial charge >= 0.3 is 0 Å². The molecular weight excluding hydrogens is 470 g/mol. The van der Waals surface area contributed by atoms with Crippen LogP contribution in [0.1, 0.15) is 18.4 Å². The van der Waals surface area contributed by atoms with Crippen LogP contribution >= 0.6 is 0 Å². The summed E-state index contributed by atoms with van der Waals surface area (Å²) in [4.78, 5) is 25.6. The second-order valence-electron chi connectivity index (χ2n) is 8.73. The molecule has 11 heteroatoms. The van der Waals surface area contributed by atoms with Gasteiger partial charge in [-0.25, -0.2) is 17.8 Å². The summed E-state index contributed by atoms with van der Waals surface area (Å²) in [6.45, 7) is 1.41. The van der Waals surface area contributed by atoms with Crippen LogP contribution in [0.5, 0.6) is 0 Å². The summed E-state index contributed by atoms with van der Waals surface area (Å²) in [6, 6.07) is 15.6. The van der Waals surface area contributed by atoms with Crippen molar-refractivity contribution < 1.29 is 18.1 Å². The molecule has 2 aromatic carbocycles. The molecule has 1 aromatic heterocycles. The van der Waals surface area contributed by atoms with Crippen LogP contribution in [0.3, 0.4) is 0 Å². The number of hydrogen-bond acceptors (Lipinski definition) is 6. The minimum Gasteiger partial charge on any atom is -0.342 e. The van der Waals surface area contributed by atoms with E-state index in [1.165, 1.54) is 12.1 Å². The third-order valence-electron chi connectivity index (χ3n) is 6.01. The number of carbonyl (C=O) groups is 1. The maximum absolute atomic E-state index is 13.2. The smallest absolute Gasteiger partial charge is 0.269 e. The van der Waals surface area contributed by atoms with Crippen LogP contribution in [0.25, 0.3) is 16.9 Å². The van der Waals surface area contributed by atoms with Gasteiger partial charge in [-0.2, -0.15) is 5.10 Å². The Morgan fingerprint density at radius 3 is 2.54 bits per heavy atom. The van der Waals surface area contributed by atoms with Crippen molar-refractivity contribution in [3.8, 4) is 16.9 Å². The van der Waals surface area contributed by atoms with Gasteiger partial charge in [0.05, 0.1) is 29.0 Å². The van der Waals surface area contributed by atoms with Crippen molar-refractivity contribution in [1.29, 1.82) is 0 Å². The number of aromatic nitrogens is 2. The van der Waals surface area contributed by atoms with Gasteiger partial charge in [0.25, 0.3) is 5.69 Å². The largest absolute Gasteiger partial charge is 0.342 e. The Bertz CT molecular complexity index is 1310. The molecule has 1 N–H and O–H groups in total. The van der Waals surface area contributed by atoms with E-state index in [9.17, 15) is 23.3 Å². The molecule has 2 heterocycles. The van der Waals surface area contributed by atoms with Crippen LogP contribution in [0.2, 0.25) is 0 Å². The number of nitro groups is 1. The van der Waals surface area contributed by atoms with Crippen molar-refractivity contribution in [3.05, 3.63) is 76.5 Å². The number of benzene rings is 2. The highest BCUT2D eigenvalue weighted by Gasteiger charge is 2.26. The average molecular weight is 498 g/mol. The van der Waals surface area contributed by atoms with Gasteiger partial charge in [-0.15, -0.1) is 0 Å². The number of carbonyl (C=O) groups excluding carboxylic acids is 1. The molecule has 1 aliphatic rings. The lowest BCUT2D eigenvalue weighted by molar-refractivity contribution is -0.384. The lowest BCUT2D eigenvalue weighted by Crippen LogP contribution is -2.44. The highest BCUT2D eigenvalue weighted by atomic mass is 32.2. The average Bonchev–Trinajstić information content (AvgIpc) is 3.27. The lowest BCUT2D eigenvalue weighted by atomic mass is 9.97. The van der Waals surface area contributed by atoms with Gasteiger partial charge in [0.2, 0.25) is 15.9 Å². The number of nitrogens with zero attached hydrogens (tertiary/aromatic N) is 4. The van der Waals surface area contributed by atoms with Crippen LogP contribution in [-0.2, 0) is 21.2 Å². The van der Waals surface area contributed by atoms with E-state index in [4.69, 9.17) is 5.10 Å². The predicted molar refractivity (Wildman–Crippen MR) is 132 cm³/mol. The second-order valence-corrected chi connectivity index (χ2v) is 10.6.